The summed E-state index contributed by atoms with van der Waals surface area (Å²) in [6.45, 7) is 9.03. The largest absolute Gasteiger partial charge is 0.466 e. The number of hydrogen-bond donors (Lipinski definition) is 0. The normalized spacial score (nSPS) is 10.5. The fourth-order valence-electron chi connectivity index (χ4n) is 1.89. The van der Waals surface area contributed by atoms with Crippen LogP contribution in [0.4, 0.5) is 0 Å². The maximum atomic E-state index is 11.2. The Morgan fingerprint density at radius 3 is 2.56 bits per heavy atom. The Morgan fingerprint density at radius 1 is 1.38 bits per heavy atom. The summed E-state index contributed by atoms with van der Waals surface area (Å²) in [6.07, 6.45) is 1.37. The third-order valence-corrected chi connectivity index (χ3v) is 2.72. The third kappa shape index (κ3) is 2.84. The molecule has 0 saturated heterocycles. The minimum absolute atomic E-state index is 0.159. The summed E-state index contributed by atoms with van der Waals surface area (Å²) >= 11 is 0. The van der Waals surface area contributed by atoms with E-state index >= 15 is 0 Å². The summed E-state index contributed by atoms with van der Waals surface area (Å²) in [5.41, 5.74) is 3.50. The van der Waals surface area contributed by atoms with E-state index in [-0.39, 0.29) is 5.97 Å². The molecule has 4 heteroatoms. The SMILES string of the molecule is CCOC(=O)CCn1nc(C)c(CC)c1C. The molecule has 0 aliphatic carbocycles. The Labute approximate surface area is 96.6 Å². The van der Waals surface area contributed by atoms with Crippen LogP contribution in [0.5, 0.6) is 0 Å². The van der Waals surface area contributed by atoms with Crippen LogP contribution in [-0.2, 0) is 22.5 Å². The fraction of sp³-hybridized carbons (Fsp3) is 0.667. The van der Waals surface area contributed by atoms with Gasteiger partial charge in [0.2, 0.25) is 0 Å². The molecule has 1 heterocycles. The highest BCUT2D eigenvalue weighted by Gasteiger charge is 2.10. The molecule has 0 aliphatic rings. The van der Waals surface area contributed by atoms with Crippen molar-refractivity contribution in [2.75, 3.05) is 6.61 Å². The fourth-order valence-corrected chi connectivity index (χ4v) is 1.89. The topological polar surface area (TPSA) is 44.1 Å². The summed E-state index contributed by atoms with van der Waals surface area (Å²) < 4.78 is 6.78. The van der Waals surface area contributed by atoms with Gasteiger partial charge in [-0.3, -0.25) is 9.48 Å². The zero-order chi connectivity index (χ0) is 12.1. The number of carbonyl (C=O) groups excluding carboxylic acids is 1. The average molecular weight is 224 g/mol. The predicted molar refractivity (Wildman–Crippen MR) is 62.3 cm³/mol. The van der Waals surface area contributed by atoms with E-state index in [1.807, 2.05) is 25.5 Å². The van der Waals surface area contributed by atoms with Crippen LogP contribution in [0, 0.1) is 13.8 Å². The first-order valence-electron chi connectivity index (χ1n) is 5.78. The van der Waals surface area contributed by atoms with Crippen molar-refractivity contribution >= 4 is 5.97 Å². The first-order valence-corrected chi connectivity index (χ1v) is 5.78. The molecule has 0 aliphatic heterocycles. The van der Waals surface area contributed by atoms with E-state index in [2.05, 4.69) is 12.0 Å². The van der Waals surface area contributed by atoms with Gasteiger partial charge in [0.05, 0.1) is 25.3 Å². The van der Waals surface area contributed by atoms with Crippen LogP contribution in [-0.4, -0.2) is 22.4 Å². The molecule has 0 bridgehead atoms. The standard InChI is InChI=1S/C12H20N2O2/c1-5-11-9(3)13-14(10(11)4)8-7-12(15)16-6-2/h5-8H2,1-4H3. The number of carbonyl (C=O) groups is 1. The van der Waals surface area contributed by atoms with Crippen LogP contribution in [0.2, 0.25) is 0 Å². The van der Waals surface area contributed by atoms with Gasteiger partial charge in [-0.05, 0) is 32.8 Å². The molecular formula is C12H20N2O2. The molecule has 1 aromatic rings. The summed E-state index contributed by atoms with van der Waals surface area (Å²) in [5, 5.41) is 4.42. The van der Waals surface area contributed by atoms with E-state index in [9.17, 15) is 4.79 Å². The van der Waals surface area contributed by atoms with Gasteiger partial charge in [-0.25, -0.2) is 0 Å². The van der Waals surface area contributed by atoms with Gasteiger partial charge in [-0.2, -0.15) is 5.10 Å². The number of esters is 1. The second-order valence-corrected chi connectivity index (χ2v) is 3.78. The van der Waals surface area contributed by atoms with Crippen LogP contribution in [0.15, 0.2) is 0 Å². The molecule has 0 radical (unpaired) electrons. The van der Waals surface area contributed by atoms with Crippen molar-refractivity contribution in [1.29, 1.82) is 0 Å². The third-order valence-electron chi connectivity index (χ3n) is 2.72. The van der Waals surface area contributed by atoms with Crippen molar-refractivity contribution in [2.24, 2.45) is 0 Å². The Morgan fingerprint density at radius 2 is 2.06 bits per heavy atom. The Bertz CT molecular complexity index is 369. The summed E-state index contributed by atoms with van der Waals surface area (Å²) in [4.78, 5) is 11.2. The highest BCUT2D eigenvalue weighted by atomic mass is 16.5. The maximum absolute atomic E-state index is 11.2. The van der Waals surface area contributed by atoms with Crippen LogP contribution >= 0.6 is 0 Å². The zero-order valence-corrected chi connectivity index (χ0v) is 10.5. The molecule has 0 saturated carbocycles. The zero-order valence-electron chi connectivity index (χ0n) is 10.5. The number of aromatic nitrogens is 2. The van der Waals surface area contributed by atoms with E-state index in [1.54, 1.807) is 0 Å². The van der Waals surface area contributed by atoms with E-state index in [0.29, 0.717) is 19.6 Å². The minimum atomic E-state index is -0.159. The number of aryl methyl sites for hydroxylation is 2. The molecular weight excluding hydrogens is 204 g/mol. The van der Waals surface area contributed by atoms with Crippen LogP contribution in [0.25, 0.3) is 0 Å². The van der Waals surface area contributed by atoms with Crippen molar-refractivity contribution in [3.05, 3.63) is 17.0 Å². The number of ether oxygens (including phenoxy) is 1. The summed E-state index contributed by atoms with van der Waals surface area (Å²) in [6, 6.07) is 0. The highest BCUT2D eigenvalue weighted by molar-refractivity contribution is 5.69. The van der Waals surface area contributed by atoms with E-state index in [4.69, 9.17) is 4.74 Å². The molecule has 0 N–H and O–H groups in total. The Hall–Kier alpha value is -1.32. The van der Waals surface area contributed by atoms with Gasteiger partial charge in [0.15, 0.2) is 0 Å². The molecule has 0 amide bonds. The van der Waals surface area contributed by atoms with Crippen molar-refractivity contribution < 1.29 is 9.53 Å². The second kappa shape index (κ2) is 5.68. The van der Waals surface area contributed by atoms with Gasteiger partial charge >= 0.3 is 5.97 Å². The molecule has 1 aromatic heterocycles. The Kier molecular flexibility index (Phi) is 4.52. The lowest BCUT2D eigenvalue weighted by atomic mass is 10.1. The average Bonchev–Trinajstić information content (AvgIpc) is 2.51. The van der Waals surface area contributed by atoms with Gasteiger partial charge in [-0.15, -0.1) is 0 Å². The van der Waals surface area contributed by atoms with E-state index < -0.39 is 0 Å². The van der Waals surface area contributed by atoms with Gasteiger partial charge in [0.1, 0.15) is 0 Å². The number of nitrogens with zero attached hydrogens (tertiary/aromatic N) is 2. The summed E-state index contributed by atoms with van der Waals surface area (Å²) in [7, 11) is 0. The monoisotopic (exact) mass is 224 g/mol. The van der Waals surface area contributed by atoms with Gasteiger partial charge in [0, 0.05) is 5.69 Å². The van der Waals surface area contributed by atoms with Crippen molar-refractivity contribution in [3.8, 4) is 0 Å². The molecule has 16 heavy (non-hydrogen) atoms. The second-order valence-electron chi connectivity index (χ2n) is 3.78. The molecule has 0 spiro atoms. The quantitative estimate of drug-likeness (QED) is 0.719. The maximum Gasteiger partial charge on any atom is 0.307 e. The van der Waals surface area contributed by atoms with Crippen LogP contribution < -0.4 is 0 Å². The molecule has 0 unspecified atom stereocenters. The van der Waals surface area contributed by atoms with E-state index in [0.717, 1.165) is 17.8 Å². The molecule has 4 nitrogen and oxygen atoms in total. The predicted octanol–water partition coefficient (Wildman–Crippen LogP) is 2.02. The molecule has 0 atom stereocenters. The highest BCUT2D eigenvalue weighted by Crippen LogP contribution is 2.13. The van der Waals surface area contributed by atoms with Gasteiger partial charge in [0.25, 0.3) is 0 Å². The lowest BCUT2D eigenvalue weighted by molar-refractivity contribution is -0.143. The first-order chi connectivity index (χ1) is 7.60. The van der Waals surface area contributed by atoms with Crippen molar-refractivity contribution in [1.82, 2.24) is 9.78 Å². The smallest absolute Gasteiger partial charge is 0.307 e. The molecule has 90 valence electrons. The van der Waals surface area contributed by atoms with Gasteiger partial charge in [-0.1, -0.05) is 6.92 Å². The Balaban J connectivity index is 2.64. The molecule has 0 aromatic carbocycles. The minimum Gasteiger partial charge on any atom is -0.466 e. The van der Waals surface area contributed by atoms with Gasteiger partial charge < -0.3 is 4.74 Å². The first kappa shape index (κ1) is 12.7. The van der Waals surface area contributed by atoms with Crippen LogP contribution in [0.1, 0.15) is 37.2 Å². The van der Waals surface area contributed by atoms with E-state index in [1.165, 1.54) is 5.56 Å². The van der Waals surface area contributed by atoms with Crippen molar-refractivity contribution in [3.63, 3.8) is 0 Å². The summed E-state index contributed by atoms with van der Waals surface area (Å²) in [5.74, 6) is -0.159. The molecule has 1 rings (SSSR count). The number of rotatable bonds is 5. The number of hydrogen-bond acceptors (Lipinski definition) is 3. The lowest BCUT2D eigenvalue weighted by Gasteiger charge is -2.04. The van der Waals surface area contributed by atoms with Crippen molar-refractivity contribution in [2.45, 2.75) is 47.1 Å². The van der Waals surface area contributed by atoms with Crippen LogP contribution in [0.3, 0.4) is 0 Å². The molecule has 0 fully saturated rings. The lowest BCUT2D eigenvalue weighted by Crippen LogP contribution is -2.11.